The fourth-order valence-corrected chi connectivity index (χ4v) is 2.45. The van der Waals surface area contributed by atoms with Crippen LogP contribution in [0.2, 0.25) is 5.02 Å². The molecule has 3 heteroatoms. The van der Waals surface area contributed by atoms with Crippen LogP contribution in [0.3, 0.4) is 0 Å². The number of hydrogen-bond donors (Lipinski definition) is 1. The van der Waals surface area contributed by atoms with Crippen molar-refractivity contribution in [1.29, 1.82) is 0 Å². The molecule has 1 fully saturated rings. The number of hydrogen-bond acceptors (Lipinski definition) is 1. The number of halogens is 2. The van der Waals surface area contributed by atoms with Crippen LogP contribution in [-0.4, -0.2) is 6.04 Å². The van der Waals surface area contributed by atoms with Gasteiger partial charge >= 0.3 is 0 Å². The van der Waals surface area contributed by atoms with Gasteiger partial charge in [-0.05, 0) is 60.2 Å². The van der Waals surface area contributed by atoms with E-state index in [-0.39, 0.29) is 5.82 Å². The second-order valence-electron chi connectivity index (χ2n) is 5.42. The van der Waals surface area contributed by atoms with Crippen molar-refractivity contribution in [2.24, 2.45) is 0 Å². The predicted octanol–water partition coefficient (Wildman–Crippen LogP) is 4.71. The fourth-order valence-electron chi connectivity index (χ4n) is 2.27. The van der Waals surface area contributed by atoms with Crippen molar-refractivity contribution in [2.45, 2.75) is 32.4 Å². The maximum atomic E-state index is 13.8. The molecule has 0 saturated heterocycles. The number of benzene rings is 2. The monoisotopic (exact) mass is 289 g/mol. The van der Waals surface area contributed by atoms with Gasteiger partial charge in [0.25, 0.3) is 0 Å². The molecule has 1 nitrogen and oxygen atoms in total. The van der Waals surface area contributed by atoms with Crippen molar-refractivity contribution < 1.29 is 4.39 Å². The Bertz CT molecular complexity index is 635. The van der Waals surface area contributed by atoms with Gasteiger partial charge in [0.2, 0.25) is 0 Å². The first-order chi connectivity index (χ1) is 9.63. The third-order valence-corrected chi connectivity index (χ3v) is 3.95. The first kappa shape index (κ1) is 13.6. The largest absolute Gasteiger partial charge is 0.310 e. The summed E-state index contributed by atoms with van der Waals surface area (Å²) in [5.74, 6) is -0.177. The van der Waals surface area contributed by atoms with E-state index < -0.39 is 0 Å². The van der Waals surface area contributed by atoms with E-state index in [1.807, 2.05) is 30.3 Å². The first-order valence-electron chi connectivity index (χ1n) is 6.92. The highest BCUT2D eigenvalue weighted by Gasteiger charge is 2.20. The van der Waals surface area contributed by atoms with E-state index in [4.69, 9.17) is 11.6 Å². The molecule has 0 aromatic heterocycles. The lowest BCUT2D eigenvalue weighted by Gasteiger charge is -2.12. The van der Waals surface area contributed by atoms with Crippen molar-refractivity contribution in [3.8, 4) is 11.1 Å². The van der Waals surface area contributed by atoms with Gasteiger partial charge < -0.3 is 5.32 Å². The number of rotatable bonds is 4. The van der Waals surface area contributed by atoms with E-state index in [2.05, 4.69) is 5.32 Å². The van der Waals surface area contributed by atoms with Crippen molar-refractivity contribution in [1.82, 2.24) is 5.32 Å². The van der Waals surface area contributed by atoms with E-state index in [1.54, 1.807) is 13.0 Å². The molecular formula is C17H17ClFN. The summed E-state index contributed by atoms with van der Waals surface area (Å²) in [4.78, 5) is 0. The average molecular weight is 290 g/mol. The first-order valence-corrected chi connectivity index (χ1v) is 7.29. The minimum Gasteiger partial charge on any atom is -0.310 e. The van der Waals surface area contributed by atoms with Crippen molar-refractivity contribution >= 4 is 11.6 Å². The van der Waals surface area contributed by atoms with Crippen molar-refractivity contribution in [3.05, 3.63) is 58.4 Å². The third kappa shape index (κ3) is 3.02. The Balaban J connectivity index is 1.96. The Morgan fingerprint density at radius 1 is 1.20 bits per heavy atom. The van der Waals surface area contributed by atoms with E-state index in [0.29, 0.717) is 16.6 Å². The normalized spacial score (nSPS) is 14.6. The van der Waals surface area contributed by atoms with Crippen LogP contribution in [0.15, 0.2) is 36.4 Å². The molecule has 0 radical (unpaired) electrons. The summed E-state index contributed by atoms with van der Waals surface area (Å²) >= 11 is 6.10. The Morgan fingerprint density at radius 2 is 2.00 bits per heavy atom. The summed E-state index contributed by atoms with van der Waals surface area (Å²) in [6.45, 7) is 2.57. The minimum absolute atomic E-state index is 0.177. The van der Waals surface area contributed by atoms with Gasteiger partial charge in [-0.2, -0.15) is 0 Å². The molecule has 0 atom stereocenters. The quantitative estimate of drug-likeness (QED) is 0.860. The highest BCUT2D eigenvalue weighted by atomic mass is 35.5. The van der Waals surface area contributed by atoms with Crippen LogP contribution in [0.5, 0.6) is 0 Å². The van der Waals surface area contributed by atoms with Gasteiger partial charge in [-0.3, -0.25) is 0 Å². The maximum absolute atomic E-state index is 13.8. The summed E-state index contributed by atoms with van der Waals surface area (Å²) in [7, 11) is 0. The van der Waals surface area contributed by atoms with E-state index in [0.717, 1.165) is 23.2 Å². The number of nitrogens with one attached hydrogen (secondary N) is 1. The van der Waals surface area contributed by atoms with Crippen LogP contribution in [-0.2, 0) is 6.54 Å². The van der Waals surface area contributed by atoms with Gasteiger partial charge in [-0.15, -0.1) is 0 Å². The lowest BCUT2D eigenvalue weighted by molar-refractivity contribution is 0.619. The van der Waals surface area contributed by atoms with Gasteiger partial charge in [-0.1, -0.05) is 29.8 Å². The molecule has 0 heterocycles. The lowest BCUT2D eigenvalue weighted by Crippen LogP contribution is -2.15. The Kier molecular flexibility index (Phi) is 3.77. The molecule has 1 aliphatic carbocycles. The SMILES string of the molecule is Cc1ccc(-c2cc(Cl)ccc2CNC2CC2)cc1F. The van der Waals surface area contributed by atoms with Crippen LogP contribution in [0, 0.1) is 12.7 Å². The standard InChI is InChI=1S/C17H17ClFN/c1-11-2-3-12(8-17(11)19)16-9-14(18)5-4-13(16)10-20-15-6-7-15/h2-5,8-9,15,20H,6-7,10H2,1H3. The topological polar surface area (TPSA) is 12.0 Å². The van der Waals surface area contributed by atoms with E-state index in [9.17, 15) is 4.39 Å². The van der Waals surface area contributed by atoms with Crippen molar-refractivity contribution in [3.63, 3.8) is 0 Å². The van der Waals surface area contributed by atoms with E-state index >= 15 is 0 Å². The smallest absolute Gasteiger partial charge is 0.126 e. The fraction of sp³-hybridized carbons (Fsp3) is 0.294. The van der Waals surface area contributed by atoms with Gasteiger partial charge in [0.05, 0.1) is 0 Å². The zero-order chi connectivity index (χ0) is 14.1. The molecular weight excluding hydrogens is 273 g/mol. The molecule has 3 rings (SSSR count). The Hall–Kier alpha value is -1.38. The summed E-state index contributed by atoms with van der Waals surface area (Å²) in [5, 5.41) is 4.17. The highest BCUT2D eigenvalue weighted by Crippen LogP contribution is 2.29. The van der Waals surface area contributed by atoms with Gasteiger partial charge in [0.15, 0.2) is 0 Å². The maximum Gasteiger partial charge on any atom is 0.126 e. The summed E-state index contributed by atoms with van der Waals surface area (Å²) < 4.78 is 13.8. The Labute approximate surface area is 123 Å². The van der Waals surface area contributed by atoms with Crippen LogP contribution < -0.4 is 5.32 Å². The number of aryl methyl sites for hydroxylation is 1. The molecule has 0 spiro atoms. The van der Waals surface area contributed by atoms with Crippen LogP contribution in [0.25, 0.3) is 11.1 Å². The van der Waals surface area contributed by atoms with Crippen molar-refractivity contribution in [2.75, 3.05) is 0 Å². The zero-order valence-electron chi connectivity index (χ0n) is 11.4. The Morgan fingerprint density at radius 3 is 2.70 bits per heavy atom. The van der Waals surface area contributed by atoms with Gasteiger partial charge in [0, 0.05) is 17.6 Å². The average Bonchev–Trinajstić information content (AvgIpc) is 3.24. The molecule has 0 unspecified atom stereocenters. The molecule has 0 bridgehead atoms. The van der Waals surface area contributed by atoms with Gasteiger partial charge in [-0.25, -0.2) is 4.39 Å². The molecule has 1 saturated carbocycles. The second kappa shape index (κ2) is 5.55. The molecule has 2 aromatic rings. The van der Waals surface area contributed by atoms with Gasteiger partial charge in [0.1, 0.15) is 5.82 Å². The summed E-state index contributed by atoms with van der Waals surface area (Å²) in [6.07, 6.45) is 2.50. The highest BCUT2D eigenvalue weighted by molar-refractivity contribution is 6.30. The summed E-state index contributed by atoms with van der Waals surface area (Å²) in [6, 6.07) is 11.8. The molecule has 104 valence electrons. The van der Waals surface area contributed by atoms with Crippen LogP contribution >= 0.6 is 11.6 Å². The molecule has 0 amide bonds. The summed E-state index contributed by atoms with van der Waals surface area (Å²) in [5.41, 5.74) is 3.70. The molecule has 0 aliphatic heterocycles. The lowest BCUT2D eigenvalue weighted by atomic mass is 9.98. The molecule has 2 aromatic carbocycles. The third-order valence-electron chi connectivity index (χ3n) is 3.71. The molecule has 1 aliphatic rings. The minimum atomic E-state index is -0.177. The van der Waals surface area contributed by atoms with Crippen LogP contribution in [0.4, 0.5) is 4.39 Å². The second-order valence-corrected chi connectivity index (χ2v) is 5.86. The zero-order valence-corrected chi connectivity index (χ0v) is 12.2. The molecule has 20 heavy (non-hydrogen) atoms. The van der Waals surface area contributed by atoms with Crippen LogP contribution in [0.1, 0.15) is 24.0 Å². The predicted molar refractivity (Wildman–Crippen MR) is 81.4 cm³/mol. The molecule has 1 N–H and O–H groups in total. The van der Waals surface area contributed by atoms with E-state index in [1.165, 1.54) is 12.8 Å².